The molecule has 8 heteroatoms. The average Bonchev–Trinajstić information content (AvgIpc) is 3.52. The molecule has 6 rings (SSSR count). The van der Waals surface area contributed by atoms with Crippen LogP contribution in [0.25, 0.3) is 0 Å². The first-order chi connectivity index (χ1) is 17.0. The van der Waals surface area contributed by atoms with Gasteiger partial charge in [0.15, 0.2) is 5.78 Å². The Labute approximate surface area is 217 Å². The van der Waals surface area contributed by atoms with E-state index in [9.17, 15) is 9.59 Å². The smallest absolute Gasteiger partial charge is 0.242 e. The molecule has 4 unspecified atom stereocenters. The Hall–Kier alpha value is -2.32. The van der Waals surface area contributed by atoms with E-state index in [-0.39, 0.29) is 18.1 Å². The van der Waals surface area contributed by atoms with Crippen molar-refractivity contribution in [1.82, 2.24) is 5.32 Å². The van der Waals surface area contributed by atoms with E-state index in [0.717, 1.165) is 47.6 Å². The van der Waals surface area contributed by atoms with Crippen LogP contribution in [-0.4, -0.2) is 42.2 Å². The van der Waals surface area contributed by atoms with Crippen LogP contribution in [0.2, 0.25) is 5.02 Å². The van der Waals surface area contributed by atoms with E-state index in [0.29, 0.717) is 17.2 Å². The molecule has 3 aromatic rings. The predicted molar refractivity (Wildman–Crippen MR) is 141 cm³/mol. The minimum atomic E-state index is -0.881. The minimum absolute atomic E-state index is 0.0984. The van der Waals surface area contributed by atoms with Crippen molar-refractivity contribution < 1.29 is 14.3 Å². The molecule has 4 heterocycles. The number of benzene rings is 2. The molecule has 0 spiro atoms. The Morgan fingerprint density at radius 3 is 2.40 bits per heavy atom. The number of ketones is 1. The van der Waals surface area contributed by atoms with Gasteiger partial charge >= 0.3 is 0 Å². The number of anilines is 1. The average molecular weight is 525 g/mol. The van der Waals surface area contributed by atoms with Crippen LogP contribution in [0.4, 0.5) is 5.69 Å². The molecule has 2 aromatic carbocycles. The topological polar surface area (TPSA) is 58.6 Å². The van der Waals surface area contributed by atoms with Crippen molar-refractivity contribution in [3.63, 3.8) is 0 Å². The second-order valence-corrected chi connectivity index (χ2v) is 11.7. The Morgan fingerprint density at radius 1 is 1.00 bits per heavy atom. The molecule has 2 bridgehead atoms. The quantitative estimate of drug-likeness (QED) is 0.461. The number of piperidine rings is 1. The highest BCUT2D eigenvalue weighted by molar-refractivity contribution is 8.01. The fraction of sp³-hybridized carbons (Fsp3) is 0.333. The van der Waals surface area contributed by atoms with Crippen LogP contribution in [0.1, 0.15) is 30.4 Å². The van der Waals surface area contributed by atoms with Crippen LogP contribution in [0.15, 0.2) is 70.3 Å². The lowest BCUT2D eigenvalue weighted by Gasteiger charge is -2.40. The zero-order valence-corrected chi connectivity index (χ0v) is 21.4. The second-order valence-electron chi connectivity index (χ2n) is 9.39. The number of nitrogens with one attached hydrogen (secondary N) is 1. The molecule has 3 fully saturated rings. The van der Waals surface area contributed by atoms with Gasteiger partial charge in [-0.15, -0.1) is 11.8 Å². The van der Waals surface area contributed by atoms with Gasteiger partial charge in [-0.1, -0.05) is 35.9 Å². The van der Waals surface area contributed by atoms with Crippen molar-refractivity contribution in [1.29, 1.82) is 0 Å². The van der Waals surface area contributed by atoms with Crippen LogP contribution in [-0.2, 0) is 19.9 Å². The standard InChI is InChI=1S/C27H25ClN2O3S2/c28-22-3-1-2-4-24(22)35-25-23(31)13-27(29-26(25)32,18-11-12-34-16-18)17-5-7-19(8-6-17)30-14-20-9-10-21(15-30)33-20/h1-8,11-12,16,20-21,25H,9-10,13-15H2,(H,29,32). The van der Waals surface area contributed by atoms with Crippen molar-refractivity contribution >= 4 is 52.1 Å². The number of Topliss-reactive ketones (excluding diaryl/α,β-unsaturated/α-hetero) is 1. The number of hydrogen-bond donors (Lipinski definition) is 1. The summed E-state index contributed by atoms with van der Waals surface area (Å²) in [6.45, 7) is 1.81. The number of nitrogens with zero attached hydrogens (tertiary/aromatic N) is 1. The van der Waals surface area contributed by atoms with Gasteiger partial charge in [0.1, 0.15) is 5.25 Å². The van der Waals surface area contributed by atoms with Gasteiger partial charge in [0.05, 0.1) is 22.8 Å². The van der Waals surface area contributed by atoms with Gasteiger partial charge < -0.3 is 15.0 Å². The molecule has 180 valence electrons. The van der Waals surface area contributed by atoms with Crippen molar-refractivity contribution in [3.05, 3.63) is 81.5 Å². The lowest BCUT2D eigenvalue weighted by atomic mass is 9.77. The molecule has 3 aliphatic rings. The Kier molecular flexibility index (Phi) is 6.13. The normalized spacial score (nSPS) is 28.3. The van der Waals surface area contributed by atoms with E-state index >= 15 is 0 Å². The highest BCUT2D eigenvalue weighted by Gasteiger charge is 2.47. The second kappa shape index (κ2) is 9.28. The Balaban J connectivity index is 1.29. The summed E-state index contributed by atoms with van der Waals surface area (Å²) in [4.78, 5) is 30.0. The minimum Gasteiger partial charge on any atom is -0.371 e. The molecular formula is C27H25ClN2O3S2. The van der Waals surface area contributed by atoms with Gasteiger partial charge in [-0.25, -0.2) is 0 Å². The number of carbonyl (C=O) groups is 2. The summed E-state index contributed by atoms with van der Waals surface area (Å²) in [5.41, 5.74) is 2.12. The highest BCUT2D eigenvalue weighted by Crippen LogP contribution is 2.42. The molecule has 1 aromatic heterocycles. The largest absolute Gasteiger partial charge is 0.371 e. The number of thiophene rings is 1. The molecule has 1 N–H and O–H groups in total. The first kappa shape index (κ1) is 23.1. The molecule has 0 aliphatic carbocycles. The summed E-state index contributed by atoms with van der Waals surface area (Å²) in [6, 6.07) is 17.6. The van der Waals surface area contributed by atoms with Gasteiger partial charge in [0, 0.05) is 30.1 Å². The number of carbonyl (C=O) groups excluding carboxylic acids is 2. The van der Waals surface area contributed by atoms with Crippen LogP contribution < -0.4 is 10.2 Å². The molecule has 3 saturated heterocycles. The monoisotopic (exact) mass is 524 g/mol. The first-order valence-electron chi connectivity index (χ1n) is 11.8. The van der Waals surface area contributed by atoms with E-state index in [1.165, 1.54) is 11.8 Å². The molecule has 0 radical (unpaired) electrons. The number of morpholine rings is 1. The van der Waals surface area contributed by atoms with E-state index in [2.05, 4.69) is 34.5 Å². The number of hydrogen-bond acceptors (Lipinski definition) is 6. The molecule has 0 saturated carbocycles. The number of ether oxygens (including phenoxy) is 1. The van der Waals surface area contributed by atoms with Crippen molar-refractivity contribution in [2.45, 2.75) is 47.2 Å². The number of halogens is 1. The van der Waals surface area contributed by atoms with E-state index < -0.39 is 10.8 Å². The van der Waals surface area contributed by atoms with Crippen LogP contribution >= 0.6 is 34.7 Å². The molecule has 1 amide bonds. The maximum atomic E-state index is 13.5. The number of amides is 1. The lowest BCUT2D eigenvalue weighted by molar-refractivity contribution is -0.132. The third-order valence-corrected chi connectivity index (χ3v) is 9.62. The molecular weight excluding hydrogens is 500 g/mol. The van der Waals surface area contributed by atoms with Crippen LogP contribution in [0.3, 0.4) is 0 Å². The fourth-order valence-electron chi connectivity index (χ4n) is 5.41. The van der Waals surface area contributed by atoms with Gasteiger partial charge in [-0.05, 0) is 65.1 Å². The van der Waals surface area contributed by atoms with Gasteiger partial charge in [-0.3, -0.25) is 9.59 Å². The third-order valence-electron chi connectivity index (χ3n) is 7.17. The summed E-state index contributed by atoms with van der Waals surface area (Å²) in [6.07, 6.45) is 3.07. The molecule has 5 nitrogen and oxygen atoms in total. The SMILES string of the molecule is O=C1CC(c2ccc(N3CC4CCC(C3)O4)cc2)(c2ccsc2)NC(=O)C1Sc1ccccc1Cl. The Morgan fingerprint density at radius 2 is 1.74 bits per heavy atom. The van der Waals surface area contributed by atoms with Gasteiger partial charge in [0.25, 0.3) is 0 Å². The van der Waals surface area contributed by atoms with Gasteiger partial charge in [0.2, 0.25) is 5.91 Å². The summed E-state index contributed by atoms with van der Waals surface area (Å²) in [7, 11) is 0. The molecule has 35 heavy (non-hydrogen) atoms. The maximum Gasteiger partial charge on any atom is 0.242 e. The number of rotatable bonds is 5. The van der Waals surface area contributed by atoms with E-state index in [1.807, 2.05) is 35.0 Å². The van der Waals surface area contributed by atoms with E-state index in [4.69, 9.17) is 16.3 Å². The zero-order chi connectivity index (χ0) is 24.0. The summed E-state index contributed by atoms with van der Waals surface area (Å²) >= 11 is 9.08. The number of thioether (sulfide) groups is 1. The van der Waals surface area contributed by atoms with Crippen molar-refractivity contribution in [3.8, 4) is 0 Å². The maximum absolute atomic E-state index is 13.5. The lowest BCUT2D eigenvalue weighted by Crippen LogP contribution is -2.58. The highest BCUT2D eigenvalue weighted by atomic mass is 35.5. The summed E-state index contributed by atoms with van der Waals surface area (Å²) in [5.74, 6) is -0.384. The van der Waals surface area contributed by atoms with Gasteiger partial charge in [-0.2, -0.15) is 11.3 Å². The Bertz CT molecular complexity index is 1220. The van der Waals surface area contributed by atoms with E-state index in [1.54, 1.807) is 17.4 Å². The van der Waals surface area contributed by atoms with Crippen molar-refractivity contribution in [2.75, 3.05) is 18.0 Å². The molecule has 3 aliphatic heterocycles. The fourth-order valence-corrected chi connectivity index (χ4v) is 7.38. The third kappa shape index (κ3) is 4.29. The summed E-state index contributed by atoms with van der Waals surface area (Å²) < 4.78 is 5.98. The van der Waals surface area contributed by atoms with Crippen LogP contribution in [0.5, 0.6) is 0 Å². The predicted octanol–water partition coefficient (Wildman–Crippen LogP) is 5.26. The first-order valence-corrected chi connectivity index (χ1v) is 14.0. The van der Waals surface area contributed by atoms with Crippen LogP contribution in [0, 0.1) is 0 Å². The summed E-state index contributed by atoms with van der Waals surface area (Å²) in [5, 5.41) is 6.95. The molecule has 4 atom stereocenters. The van der Waals surface area contributed by atoms with Crippen molar-refractivity contribution in [2.24, 2.45) is 0 Å². The zero-order valence-electron chi connectivity index (χ0n) is 19.0. The number of fused-ring (bicyclic) bond motifs is 2.